The molecule has 0 aliphatic carbocycles. The molecule has 0 N–H and O–H groups in total. The van der Waals surface area contributed by atoms with Crippen molar-refractivity contribution < 1.29 is 14.0 Å². The Kier molecular flexibility index (Phi) is 5.68. The fraction of sp³-hybridized carbons (Fsp3) is 0.227. The molecule has 1 heterocycles. The highest BCUT2D eigenvalue weighted by Crippen LogP contribution is 2.26. The van der Waals surface area contributed by atoms with E-state index in [-0.39, 0.29) is 17.8 Å². The highest BCUT2D eigenvalue weighted by molar-refractivity contribution is 5.92. The van der Waals surface area contributed by atoms with Crippen molar-refractivity contribution >= 4 is 12.2 Å². The molecule has 3 aromatic rings. The molecule has 0 aliphatic rings. The second-order valence-electron chi connectivity index (χ2n) is 7.01. The minimum absolute atomic E-state index is 0.0543. The quantitative estimate of drug-likeness (QED) is 0.606. The third kappa shape index (κ3) is 4.17. The van der Waals surface area contributed by atoms with E-state index in [1.807, 2.05) is 20.9 Å². The van der Waals surface area contributed by atoms with Gasteiger partial charge in [-0.25, -0.2) is 9.37 Å². The van der Waals surface area contributed by atoms with Crippen LogP contribution in [0.2, 0.25) is 0 Å². The lowest BCUT2D eigenvalue weighted by molar-refractivity contribution is 0.0684. The van der Waals surface area contributed by atoms with Crippen LogP contribution in [0.5, 0.6) is 0 Å². The number of halogens is 1. The Morgan fingerprint density at radius 2 is 2.04 bits per heavy atom. The van der Waals surface area contributed by atoms with Gasteiger partial charge in [0, 0.05) is 37.0 Å². The number of hydrogen-bond acceptors (Lipinski definition) is 3. The molecule has 3 rings (SSSR count). The average Bonchev–Trinajstić information content (AvgIpc) is 3.13. The SMILES string of the molecule is CC(C)N(Cc1ccc(F)c(-c2cccc(C=O)c2)c1)C(=O)c1cn(C)cn1. The third-order valence-electron chi connectivity index (χ3n) is 4.53. The number of aryl methyl sites for hydroxylation is 1. The first kappa shape index (κ1) is 19.5. The molecule has 0 atom stereocenters. The lowest BCUT2D eigenvalue weighted by Gasteiger charge is -2.26. The predicted molar refractivity (Wildman–Crippen MR) is 105 cm³/mol. The normalized spacial score (nSPS) is 10.9. The number of carbonyl (C=O) groups excluding carboxylic acids is 2. The van der Waals surface area contributed by atoms with Crippen molar-refractivity contribution in [1.29, 1.82) is 0 Å². The summed E-state index contributed by atoms with van der Waals surface area (Å²) in [7, 11) is 1.81. The molecule has 0 radical (unpaired) electrons. The molecule has 0 bridgehead atoms. The molecule has 1 amide bonds. The summed E-state index contributed by atoms with van der Waals surface area (Å²) in [5, 5.41) is 0. The Bertz CT molecular complexity index is 1010. The van der Waals surface area contributed by atoms with E-state index in [1.165, 1.54) is 6.07 Å². The Labute approximate surface area is 163 Å². The van der Waals surface area contributed by atoms with Gasteiger partial charge in [0.2, 0.25) is 0 Å². The summed E-state index contributed by atoms with van der Waals surface area (Å²) in [4.78, 5) is 29.7. The molecule has 1 aromatic heterocycles. The van der Waals surface area contributed by atoms with Crippen molar-refractivity contribution in [3.63, 3.8) is 0 Å². The Morgan fingerprint density at radius 1 is 1.25 bits per heavy atom. The number of benzene rings is 2. The lowest BCUT2D eigenvalue weighted by Crippen LogP contribution is -2.36. The summed E-state index contributed by atoms with van der Waals surface area (Å²) in [6.07, 6.45) is 4.00. The third-order valence-corrected chi connectivity index (χ3v) is 4.53. The largest absolute Gasteiger partial charge is 0.340 e. The van der Waals surface area contributed by atoms with Crippen LogP contribution >= 0.6 is 0 Å². The van der Waals surface area contributed by atoms with E-state index in [2.05, 4.69) is 4.98 Å². The van der Waals surface area contributed by atoms with E-state index in [4.69, 9.17) is 0 Å². The van der Waals surface area contributed by atoms with Gasteiger partial charge in [0.15, 0.2) is 0 Å². The average molecular weight is 379 g/mol. The predicted octanol–water partition coefficient (Wildman–Crippen LogP) is 4.09. The van der Waals surface area contributed by atoms with E-state index in [9.17, 15) is 14.0 Å². The van der Waals surface area contributed by atoms with Crippen LogP contribution < -0.4 is 0 Å². The smallest absolute Gasteiger partial charge is 0.274 e. The molecule has 0 fully saturated rings. The minimum atomic E-state index is -0.376. The first-order valence-corrected chi connectivity index (χ1v) is 9.02. The monoisotopic (exact) mass is 379 g/mol. The van der Waals surface area contributed by atoms with Gasteiger partial charge in [0.1, 0.15) is 17.8 Å². The molecule has 28 heavy (non-hydrogen) atoms. The molecule has 0 aliphatic heterocycles. The number of aldehydes is 1. The zero-order valence-corrected chi connectivity index (χ0v) is 16.1. The molecule has 0 saturated carbocycles. The zero-order valence-electron chi connectivity index (χ0n) is 16.1. The molecule has 0 saturated heterocycles. The Hall–Kier alpha value is -3.28. The zero-order chi connectivity index (χ0) is 20.3. The number of amides is 1. The first-order valence-electron chi connectivity index (χ1n) is 9.02. The molecule has 0 unspecified atom stereocenters. The van der Waals surface area contributed by atoms with Gasteiger partial charge in [-0.3, -0.25) is 9.59 Å². The lowest BCUT2D eigenvalue weighted by atomic mass is 10.00. The van der Waals surface area contributed by atoms with Crippen LogP contribution in [-0.4, -0.2) is 32.7 Å². The Morgan fingerprint density at radius 3 is 2.68 bits per heavy atom. The molecule has 2 aromatic carbocycles. The van der Waals surface area contributed by atoms with E-state index in [1.54, 1.807) is 58.4 Å². The molecule has 6 heteroatoms. The Balaban J connectivity index is 1.92. The van der Waals surface area contributed by atoms with Crippen LogP contribution in [0.25, 0.3) is 11.1 Å². The van der Waals surface area contributed by atoms with Crippen LogP contribution in [-0.2, 0) is 13.6 Å². The number of imidazole rings is 1. The van der Waals surface area contributed by atoms with Crippen molar-refractivity contribution in [2.24, 2.45) is 7.05 Å². The van der Waals surface area contributed by atoms with Gasteiger partial charge in [-0.1, -0.05) is 24.3 Å². The van der Waals surface area contributed by atoms with Gasteiger partial charge in [0.25, 0.3) is 5.91 Å². The fourth-order valence-corrected chi connectivity index (χ4v) is 3.03. The molecule has 5 nitrogen and oxygen atoms in total. The summed E-state index contributed by atoms with van der Waals surface area (Å²) < 4.78 is 16.2. The number of rotatable bonds is 6. The van der Waals surface area contributed by atoms with Crippen molar-refractivity contribution in [2.75, 3.05) is 0 Å². The highest BCUT2D eigenvalue weighted by atomic mass is 19.1. The van der Waals surface area contributed by atoms with Gasteiger partial charge in [-0.2, -0.15) is 0 Å². The van der Waals surface area contributed by atoms with Crippen LogP contribution in [0.1, 0.15) is 40.3 Å². The second kappa shape index (κ2) is 8.17. The number of nitrogens with zero attached hydrogens (tertiary/aromatic N) is 3. The maximum Gasteiger partial charge on any atom is 0.274 e. The van der Waals surface area contributed by atoms with Gasteiger partial charge in [-0.15, -0.1) is 0 Å². The standard InChI is InChI=1S/C22H22FN3O2/c1-15(2)26(22(28)21-12-25(3)14-24-21)11-16-7-8-20(23)19(10-16)18-6-4-5-17(9-18)13-27/h4-10,12-15H,11H2,1-3H3. The van der Waals surface area contributed by atoms with Crippen LogP contribution in [0.4, 0.5) is 4.39 Å². The summed E-state index contributed by atoms with van der Waals surface area (Å²) >= 11 is 0. The van der Waals surface area contributed by atoms with Crippen LogP contribution in [0.3, 0.4) is 0 Å². The summed E-state index contributed by atoms with van der Waals surface area (Å²) in [5.41, 5.74) is 2.67. The molecular formula is C22H22FN3O2. The molecular weight excluding hydrogens is 357 g/mol. The van der Waals surface area contributed by atoms with Crippen LogP contribution in [0, 0.1) is 5.82 Å². The fourth-order valence-electron chi connectivity index (χ4n) is 3.03. The van der Waals surface area contributed by atoms with Crippen molar-refractivity contribution in [3.8, 4) is 11.1 Å². The second-order valence-corrected chi connectivity index (χ2v) is 7.01. The van der Waals surface area contributed by atoms with Crippen molar-refractivity contribution in [2.45, 2.75) is 26.4 Å². The van der Waals surface area contributed by atoms with Gasteiger partial charge >= 0.3 is 0 Å². The molecule has 0 spiro atoms. The maximum atomic E-state index is 14.4. The number of aromatic nitrogens is 2. The molecule has 144 valence electrons. The minimum Gasteiger partial charge on any atom is -0.340 e. The van der Waals surface area contributed by atoms with E-state index >= 15 is 0 Å². The van der Waals surface area contributed by atoms with Gasteiger partial charge in [0.05, 0.1) is 6.33 Å². The van der Waals surface area contributed by atoms with Gasteiger partial charge < -0.3 is 9.47 Å². The van der Waals surface area contributed by atoms with E-state index < -0.39 is 0 Å². The van der Waals surface area contributed by atoms with Crippen molar-refractivity contribution in [1.82, 2.24) is 14.5 Å². The summed E-state index contributed by atoms with van der Waals surface area (Å²) in [5.74, 6) is -0.552. The van der Waals surface area contributed by atoms with Crippen molar-refractivity contribution in [3.05, 3.63) is 77.6 Å². The highest BCUT2D eigenvalue weighted by Gasteiger charge is 2.21. The summed E-state index contributed by atoms with van der Waals surface area (Å²) in [6, 6.07) is 11.5. The number of carbonyl (C=O) groups is 2. The first-order chi connectivity index (χ1) is 13.4. The maximum absolute atomic E-state index is 14.4. The van der Waals surface area contributed by atoms with E-state index in [0.717, 1.165) is 11.8 Å². The van der Waals surface area contributed by atoms with E-state index in [0.29, 0.717) is 28.9 Å². The topological polar surface area (TPSA) is 55.2 Å². The van der Waals surface area contributed by atoms with Gasteiger partial charge in [-0.05, 0) is 43.2 Å². The summed E-state index contributed by atoms with van der Waals surface area (Å²) in [6.45, 7) is 4.19. The number of hydrogen-bond donors (Lipinski definition) is 0. The van der Waals surface area contributed by atoms with Crippen LogP contribution in [0.15, 0.2) is 55.0 Å².